The molecule has 0 fully saturated rings. The highest BCUT2D eigenvalue weighted by molar-refractivity contribution is 9.09. The third kappa shape index (κ3) is 12.6. The molecule has 0 saturated heterocycles. The fraction of sp³-hybridized carbons (Fsp3) is 1.00. The standard InChI is InChI=1S/C18H42O4S3Si2/c1-7-9-11-15(13-17(26,19-3)20-4)23-25-24-16(12-10-8-2)14-18(27,21-5)22-6/h15-16H,7-14H2,1-6,26-27H3. The van der Waals surface area contributed by atoms with Gasteiger partial charge in [-0.25, -0.2) is 0 Å². The number of unbranched alkanes of at least 4 members (excludes halogenated alkanes) is 2. The van der Waals surface area contributed by atoms with Crippen LogP contribution in [0.5, 0.6) is 0 Å². The van der Waals surface area contributed by atoms with Crippen LogP contribution in [0.15, 0.2) is 0 Å². The Kier molecular flexibility index (Phi) is 16.9. The molecule has 4 nitrogen and oxygen atoms in total. The van der Waals surface area contributed by atoms with Crippen LogP contribution in [-0.2, 0) is 18.9 Å². The molecule has 0 radical (unpaired) electrons. The summed E-state index contributed by atoms with van der Waals surface area (Å²) in [6, 6.07) is 0. The molecule has 0 rings (SSSR count). The second-order valence-corrected chi connectivity index (χ2v) is 15.0. The first-order chi connectivity index (χ1) is 12.8. The molecule has 0 N–H and O–H groups in total. The van der Waals surface area contributed by atoms with E-state index in [1.807, 2.05) is 31.4 Å². The minimum absolute atomic E-state index is 0.367. The summed E-state index contributed by atoms with van der Waals surface area (Å²) >= 11 is 0. The van der Waals surface area contributed by atoms with Gasteiger partial charge in [-0.15, -0.1) is 0 Å². The zero-order valence-electron chi connectivity index (χ0n) is 18.7. The van der Waals surface area contributed by atoms with Crippen molar-refractivity contribution in [1.82, 2.24) is 0 Å². The van der Waals surface area contributed by atoms with Crippen LogP contribution in [0.1, 0.15) is 65.2 Å². The van der Waals surface area contributed by atoms with Crippen LogP contribution in [0.4, 0.5) is 0 Å². The lowest BCUT2D eigenvalue weighted by Gasteiger charge is -2.32. The van der Waals surface area contributed by atoms with E-state index in [1.54, 1.807) is 28.4 Å². The topological polar surface area (TPSA) is 36.9 Å². The first kappa shape index (κ1) is 28.3. The second-order valence-electron chi connectivity index (χ2n) is 7.28. The molecule has 0 aromatic heterocycles. The molecule has 0 spiro atoms. The Balaban J connectivity index is 4.73. The summed E-state index contributed by atoms with van der Waals surface area (Å²) in [4.78, 5) is 0. The summed E-state index contributed by atoms with van der Waals surface area (Å²) in [6.07, 6.45) is 9.32. The third-order valence-corrected chi connectivity index (χ3v) is 12.5. The maximum atomic E-state index is 5.65. The SMILES string of the molecule is CCCCC(CC([SiH3])(OC)OC)SSSC(CCCC)CC([SiH3])(OC)OC. The monoisotopic (exact) mass is 474 g/mol. The predicted molar refractivity (Wildman–Crippen MR) is 132 cm³/mol. The van der Waals surface area contributed by atoms with E-state index in [9.17, 15) is 0 Å². The van der Waals surface area contributed by atoms with E-state index in [0.717, 1.165) is 33.3 Å². The molecule has 0 aliphatic rings. The molecule has 0 aliphatic carbocycles. The average molecular weight is 475 g/mol. The highest BCUT2D eigenvalue weighted by Crippen LogP contribution is 2.46. The van der Waals surface area contributed by atoms with Gasteiger partial charge < -0.3 is 18.9 Å². The number of methoxy groups -OCH3 is 4. The van der Waals surface area contributed by atoms with Gasteiger partial charge >= 0.3 is 0 Å². The van der Waals surface area contributed by atoms with E-state index in [-0.39, 0.29) is 10.8 Å². The van der Waals surface area contributed by atoms with Gasteiger partial charge in [0.05, 0.1) is 20.5 Å². The summed E-state index contributed by atoms with van der Waals surface area (Å²) in [7, 11) is 14.7. The fourth-order valence-corrected chi connectivity index (χ4v) is 10.0. The summed E-state index contributed by atoms with van der Waals surface area (Å²) in [5.41, 5.74) is -0.733. The van der Waals surface area contributed by atoms with Crippen molar-refractivity contribution in [1.29, 1.82) is 0 Å². The van der Waals surface area contributed by atoms with E-state index < -0.39 is 0 Å². The molecule has 0 aromatic rings. The normalized spacial score (nSPS) is 15.3. The van der Waals surface area contributed by atoms with Crippen molar-refractivity contribution in [2.45, 2.75) is 86.5 Å². The molecule has 2 atom stereocenters. The molecule has 2 unspecified atom stereocenters. The largest absolute Gasteiger partial charge is 0.358 e. The fourth-order valence-electron chi connectivity index (χ4n) is 2.69. The zero-order valence-corrected chi connectivity index (χ0v) is 25.1. The van der Waals surface area contributed by atoms with Crippen molar-refractivity contribution in [3.63, 3.8) is 0 Å². The van der Waals surface area contributed by atoms with Gasteiger partial charge in [0.1, 0.15) is 10.8 Å². The highest BCUT2D eigenvalue weighted by Gasteiger charge is 2.30. The van der Waals surface area contributed by atoms with Crippen molar-refractivity contribution in [2.24, 2.45) is 0 Å². The number of hydrogen-bond acceptors (Lipinski definition) is 7. The Labute approximate surface area is 185 Å². The van der Waals surface area contributed by atoms with Gasteiger partial charge in [0.25, 0.3) is 0 Å². The van der Waals surface area contributed by atoms with Gasteiger partial charge in [-0.1, -0.05) is 61.1 Å². The molecule has 0 aliphatic heterocycles. The van der Waals surface area contributed by atoms with E-state index in [2.05, 4.69) is 13.8 Å². The Bertz CT molecular complexity index is 327. The average Bonchev–Trinajstić information content (AvgIpc) is 2.69. The van der Waals surface area contributed by atoms with Gasteiger partial charge in [-0.3, -0.25) is 0 Å². The Morgan fingerprint density at radius 1 is 0.704 bits per heavy atom. The lowest BCUT2D eigenvalue weighted by molar-refractivity contribution is -0.146. The molecule has 164 valence electrons. The maximum absolute atomic E-state index is 5.65. The van der Waals surface area contributed by atoms with Crippen molar-refractivity contribution in [3.05, 3.63) is 0 Å². The minimum Gasteiger partial charge on any atom is -0.358 e. The van der Waals surface area contributed by atoms with E-state index in [4.69, 9.17) is 18.9 Å². The third-order valence-electron chi connectivity index (χ3n) is 5.03. The molecule has 27 heavy (non-hydrogen) atoms. The predicted octanol–water partition coefficient (Wildman–Crippen LogP) is 3.54. The van der Waals surface area contributed by atoms with Crippen LogP contribution in [0.3, 0.4) is 0 Å². The Hall–Kier alpha value is 1.32. The minimum atomic E-state index is -0.367. The van der Waals surface area contributed by atoms with Gasteiger partial charge in [0.15, 0.2) is 0 Å². The van der Waals surface area contributed by atoms with Crippen molar-refractivity contribution in [3.8, 4) is 0 Å². The second kappa shape index (κ2) is 16.1. The number of ether oxygens (including phenoxy) is 4. The molecule has 0 saturated carbocycles. The lowest BCUT2D eigenvalue weighted by Crippen LogP contribution is -2.37. The van der Waals surface area contributed by atoms with E-state index in [0.29, 0.717) is 10.5 Å². The quantitative estimate of drug-likeness (QED) is 0.171. The molecule has 0 heterocycles. The summed E-state index contributed by atoms with van der Waals surface area (Å²) in [6.45, 7) is 4.51. The summed E-state index contributed by atoms with van der Waals surface area (Å²) < 4.78 is 22.6. The first-order valence-electron chi connectivity index (χ1n) is 10.0. The van der Waals surface area contributed by atoms with E-state index >= 15 is 0 Å². The highest BCUT2D eigenvalue weighted by atomic mass is 33.5. The van der Waals surface area contributed by atoms with Crippen LogP contribution < -0.4 is 0 Å². The summed E-state index contributed by atoms with van der Waals surface area (Å²) in [5, 5.41) is 1.11. The van der Waals surface area contributed by atoms with Gasteiger partial charge in [0.2, 0.25) is 0 Å². The molecule has 0 amide bonds. The first-order valence-corrected chi connectivity index (χ1v) is 15.6. The van der Waals surface area contributed by atoms with Gasteiger partial charge in [0, 0.05) is 51.8 Å². The molecular formula is C18H42O4S3Si2. The maximum Gasteiger partial charge on any atom is 0.141 e. The van der Waals surface area contributed by atoms with Crippen LogP contribution in [0.25, 0.3) is 0 Å². The molecular weight excluding hydrogens is 433 g/mol. The summed E-state index contributed by atoms with van der Waals surface area (Å²) in [5.74, 6) is 0. The van der Waals surface area contributed by atoms with Crippen molar-refractivity contribution < 1.29 is 18.9 Å². The van der Waals surface area contributed by atoms with Crippen molar-refractivity contribution >= 4 is 51.9 Å². The lowest BCUT2D eigenvalue weighted by atomic mass is 10.1. The molecule has 0 aromatic carbocycles. The van der Waals surface area contributed by atoms with Crippen LogP contribution in [0, 0.1) is 0 Å². The number of rotatable bonds is 18. The van der Waals surface area contributed by atoms with Crippen LogP contribution >= 0.6 is 31.4 Å². The smallest absolute Gasteiger partial charge is 0.141 e. The zero-order chi connectivity index (χ0) is 20.8. The number of hydrogen-bond donors (Lipinski definition) is 0. The van der Waals surface area contributed by atoms with Crippen LogP contribution in [-0.4, -0.2) is 70.2 Å². The Morgan fingerprint density at radius 2 is 1.04 bits per heavy atom. The van der Waals surface area contributed by atoms with Gasteiger partial charge in [-0.2, -0.15) is 0 Å². The van der Waals surface area contributed by atoms with E-state index in [1.165, 1.54) is 38.5 Å². The Morgan fingerprint density at radius 3 is 1.30 bits per heavy atom. The van der Waals surface area contributed by atoms with Gasteiger partial charge in [-0.05, 0) is 22.7 Å². The van der Waals surface area contributed by atoms with Crippen molar-refractivity contribution in [2.75, 3.05) is 28.4 Å². The molecule has 0 bridgehead atoms. The van der Waals surface area contributed by atoms with Crippen LogP contribution in [0.2, 0.25) is 0 Å². The molecule has 9 heteroatoms.